The van der Waals surface area contributed by atoms with Crippen molar-refractivity contribution in [2.24, 2.45) is 0 Å². The summed E-state index contributed by atoms with van der Waals surface area (Å²) in [6.07, 6.45) is 3.45. The van der Waals surface area contributed by atoms with Crippen LogP contribution in [0.2, 0.25) is 0 Å². The number of nitrogens with one attached hydrogen (secondary N) is 1. The number of hydrogen-bond donors (Lipinski definition) is 1. The van der Waals surface area contributed by atoms with Crippen LogP contribution in [0.1, 0.15) is 45.1 Å². The third-order valence-electron chi connectivity index (χ3n) is 5.44. The highest BCUT2D eigenvalue weighted by Gasteiger charge is 2.26. The van der Waals surface area contributed by atoms with E-state index >= 15 is 0 Å². The highest BCUT2D eigenvalue weighted by Crippen LogP contribution is 2.19. The van der Waals surface area contributed by atoms with E-state index in [4.69, 9.17) is 0 Å². The predicted octanol–water partition coefficient (Wildman–Crippen LogP) is 4.33. The SMILES string of the molecule is CCCCNC(=O)[C@H](C)N(Cc1cccc(Br)c1)C(=O)CCCN(c1ccccc1)S(C)(=O)=O. The first-order valence-electron chi connectivity index (χ1n) is 11.5. The van der Waals surface area contributed by atoms with Crippen LogP contribution in [0.4, 0.5) is 5.69 Å². The van der Waals surface area contributed by atoms with Gasteiger partial charge < -0.3 is 10.2 Å². The summed E-state index contributed by atoms with van der Waals surface area (Å²) >= 11 is 3.45. The summed E-state index contributed by atoms with van der Waals surface area (Å²) < 4.78 is 26.8. The minimum Gasteiger partial charge on any atom is -0.354 e. The molecule has 0 fully saturated rings. The van der Waals surface area contributed by atoms with Crippen LogP contribution in [0.5, 0.6) is 0 Å². The number of carbonyl (C=O) groups is 2. The third-order valence-corrected chi connectivity index (χ3v) is 7.12. The van der Waals surface area contributed by atoms with E-state index in [2.05, 4.69) is 21.2 Å². The molecule has 0 saturated carbocycles. The van der Waals surface area contributed by atoms with Gasteiger partial charge in [-0.1, -0.05) is 59.6 Å². The van der Waals surface area contributed by atoms with E-state index in [0.29, 0.717) is 18.7 Å². The first-order chi connectivity index (χ1) is 16.1. The van der Waals surface area contributed by atoms with Gasteiger partial charge in [-0.3, -0.25) is 13.9 Å². The van der Waals surface area contributed by atoms with Crippen molar-refractivity contribution in [3.63, 3.8) is 0 Å². The highest BCUT2D eigenvalue weighted by molar-refractivity contribution is 9.10. The number of nitrogens with zero attached hydrogens (tertiary/aromatic N) is 2. The largest absolute Gasteiger partial charge is 0.354 e. The third kappa shape index (κ3) is 8.76. The minimum atomic E-state index is -3.49. The van der Waals surface area contributed by atoms with Crippen LogP contribution in [0.3, 0.4) is 0 Å². The number of carbonyl (C=O) groups excluding carboxylic acids is 2. The molecule has 1 atom stereocenters. The fourth-order valence-electron chi connectivity index (χ4n) is 3.55. The van der Waals surface area contributed by atoms with Crippen LogP contribution in [-0.4, -0.2) is 50.5 Å². The van der Waals surface area contributed by atoms with Gasteiger partial charge in [0.2, 0.25) is 21.8 Å². The molecular formula is C25H34BrN3O4S. The van der Waals surface area contributed by atoms with Gasteiger partial charge in [0.1, 0.15) is 6.04 Å². The molecule has 2 rings (SSSR count). The molecule has 34 heavy (non-hydrogen) atoms. The lowest BCUT2D eigenvalue weighted by atomic mass is 10.1. The topological polar surface area (TPSA) is 86.8 Å². The first kappa shape index (κ1) is 27.9. The quantitative estimate of drug-likeness (QED) is 0.375. The molecule has 7 nitrogen and oxygen atoms in total. The summed E-state index contributed by atoms with van der Waals surface area (Å²) in [5.41, 5.74) is 1.46. The predicted molar refractivity (Wildman–Crippen MR) is 140 cm³/mol. The molecule has 0 saturated heterocycles. The molecule has 2 aromatic carbocycles. The van der Waals surface area contributed by atoms with E-state index < -0.39 is 16.1 Å². The van der Waals surface area contributed by atoms with Crippen molar-refractivity contribution in [1.82, 2.24) is 10.2 Å². The molecule has 9 heteroatoms. The van der Waals surface area contributed by atoms with Gasteiger partial charge in [0.05, 0.1) is 11.9 Å². The Balaban J connectivity index is 2.12. The van der Waals surface area contributed by atoms with Crippen molar-refractivity contribution < 1.29 is 18.0 Å². The number of rotatable bonds is 13. The number of amides is 2. The second-order valence-corrected chi connectivity index (χ2v) is 11.1. The van der Waals surface area contributed by atoms with Crippen LogP contribution in [0.25, 0.3) is 0 Å². The van der Waals surface area contributed by atoms with Crippen LogP contribution < -0.4 is 9.62 Å². The summed E-state index contributed by atoms with van der Waals surface area (Å²) in [7, 11) is -3.49. The Hall–Kier alpha value is -2.39. The van der Waals surface area contributed by atoms with Crippen molar-refractivity contribution >= 4 is 43.5 Å². The molecule has 0 spiro atoms. The molecule has 2 amide bonds. The van der Waals surface area contributed by atoms with E-state index in [1.807, 2.05) is 37.3 Å². The van der Waals surface area contributed by atoms with Gasteiger partial charge in [0, 0.05) is 30.5 Å². The molecule has 0 aliphatic heterocycles. The second kappa shape index (κ2) is 13.5. The lowest BCUT2D eigenvalue weighted by Gasteiger charge is -2.29. The molecule has 2 aromatic rings. The average molecular weight is 553 g/mol. The molecule has 0 aliphatic rings. The van der Waals surface area contributed by atoms with Crippen molar-refractivity contribution in [3.8, 4) is 0 Å². The van der Waals surface area contributed by atoms with Crippen molar-refractivity contribution in [3.05, 3.63) is 64.6 Å². The maximum Gasteiger partial charge on any atom is 0.242 e. The molecule has 0 bridgehead atoms. The van der Waals surface area contributed by atoms with Gasteiger partial charge in [-0.15, -0.1) is 0 Å². The number of anilines is 1. The molecule has 0 aliphatic carbocycles. The maximum atomic E-state index is 13.2. The zero-order valence-corrected chi connectivity index (χ0v) is 22.4. The Morgan fingerprint density at radius 3 is 2.38 bits per heavy atom. The average Bonchev–Trinajstić information content (AvgIpc) is 2.79. The number of halogens is 1. The Morgan fingerprint density at radius 1 is 1.06 bits per heavy atom. The molecule has 0 radical (unpaired) electrons. The number of benzene rings is 2. The fourth-order valence-corrected chi connectivity index (χ4v) is 4.96. The molecule has 0 heterocycles. The monoisotopic (exact) mass is 551 g/mol. The molecule has 1 N–H and O–H groups in total. The summed E-state index contributed by atoms with van der Waals surface area (Å²) in [6, 6.07) is 15.8. The fraction of sp³-hybridized carbons (Fsp3) is 0.440. The summed E-state index contributed by atoms with van der Waals surface area (Å²) in [5.74, 6) is -0.390. The van der Waals surface area contributed by atoms with Crippen LogP contribution in [0, 0.1) is 0 Å². The van der Waals surface area contributed by atoms with E-state index in [-0.39, 0.29) is 31.3 Å². The van der Waals surface area contributed by atoms with Crippen LogP contribution in [-0.2, 0) is 26.2 Å². The minimum absolute atomic E-state index is 0.124. The zero-order valence-electron chi connectivity index (χ0n) is 20.0. The van der Waals surface area contributed by atoms with Gasteiger partial charge >= 0.3 is 0 Å². The first-order valence-corrected chi connectivity index (χ1v) is 14.1. The molecular weight excluding hydrogens is 518 g/mol. The van der Waals surface area contributed by atoms with Gasteiger partial charge in [-0.2, -0.15) is 0 Å². The Labute approximate surface area is 211 Å². The van der Waals surface area contributed by atoms with Gasteiger partial charge in [0.15, 0.2) is 0 Å². The van der Waals surface area contributed by atoms with E-state index in [1.54, 1.807) is 36.1 Å². The Bertz CT molecular complexity index is 1050. The smallest absolute Gasteiger partial charge is 0.242 e. The lowest BCUT2D eigenvalue weighted by molar-refractivity contribution is -0.140. The summed E-state index contributed by atoms with van der Waals surface area (Å²) in [4.78, 5) is 27.5. The molecule has 0 unspecified atom stereocenters. The normalized spacial score (nSPS) is 12.1. The highest BCUT2D eigenvalue weighted by atomic mass is 79.9. The van der Waals surface area contributed by atoms with Gasteiger partial charge in [-0.25, -0.2) is 8.42 Å². The maximum absolute atomic E-state index is 13.2. The van der Waals surface area contributed by atoms with Crippen LogP contribution >= 0.6 is 15.9 Å². The van der Waals surface area contributed by atoms with Crippen LogP contribution in [0.15, 0.2) is 59.1 Å². The Morgan fingerprint density at radius 2 is 1.76 bits per heavy atom. The summed E-state index contributed by atoms with van der Waals surface area (Å²) in [5, 5.41) is 2.90. The standard InChI is InChI=1S/C25H34BrN3O4S/c1-4-5-16-27-25(31)20(2)28(19-21-11-9-12-22(26)18-21)24(30)15-10-17-29(34(3,32)33)23-13-7-6-8-14-23/h6-9,11-14,18,20H,4-5,10,15-17,19H2,1-3H3,(H,27,31)/t20-/m0/s1. The Kier molecular flexibility index (Phi) is 11.0. The number of sulfonamides is 1. The number of unbranched alkanes of at least 4 members (excludes halogenated alkanes) is 1. The molecule has 0 aromatic heterocycles. The van der Waals surface area contributed by atoms with Crippen molar-refractivity contribution in [2.45, 2.75) is 52.1 Å². The molecule has 186 valence electrons. The number of para-hydroxylation sites is 1. The van der Waals surface area contributed by atoms with Gasteiger partial charge in [0.25, 0.3) is 0 Å². The van der Waals surface area contributed by atoms with Crippen molar-refractivity contribution in [2.75, 3.05) is 23.7 Å². The van der Waals surface area contributed by atoms with Crippen molar-refractivity contribution in [1.29, 1.82) is 0 Å². The zero-order chi connectivity index (χ0) is 25.1. The van der Waals surface area contributed by atoms with E-state index in [1.165, 1.54) is 4.31 Å². The van der Waals surface area contributed by atoms with E-state index in [0.717, 1.165) is 29.1 Å². The second-order valence-electron chi connectivity index (χ2n) is 8.25. The van der Waals surface area contributed by atoms with E-state index in [9.17, 15) is 18.0 Å². The van der Waals surface area contributed by atoms with Gasteiger partial charge in [-0.05, 0) is 49.6 Å². The lowest BCUT2D eigenvalue weighted by Crippen LogP contribution is -2.48. The number of hydrogen-bond acceptors (Lipinski definition) is 4. The summed E-state index contributed by atoms with van der Waals surface area (Å²) in [6.45, 7) is 4.81.